The number of hydrogen-bond acceptors (Lipinski definition) is 5. The number of rotatable bonds is 3. The molecule has 1 atom stereocenters. The predicted octanol–water partition coefficient (Wildman–Crippen LogP) is 2.92. The summed E-state index contributed by atoms with van der Waals surface area (Å²) < 4.78 is 6.86. The van der Waals surface area contributed by atoms with E-state index in [0.717, 1.165) is 16.9 Å². The molecule has 0 radical (unpaired) electrons. The van der Waals surface area contributed by atoms with Crippen LogP contribution in [0.25, 0.3) is 20.7 Å². The molecule has 0 bridgehead atoms. The standard InChI is InChI=1S/C19H18ClN3O4S/c1-27-11-4-5-13(20)12(8-11)15-9-14-17(28-15)18(25)23(19(26)22-14)10-3-2-6-21-16(24)7-10/h4-5,8-10H,2-3,6-7H2,1H3,(H,21,24)(H,22,26). The first-order valence-electron chi connectivity index (χ1n) is 8.87. The molecule has 0 aliphatic carbocycles. The van der Waals surface area contributed by atoms with E-state index in [9.17, 15) is 14.4 Å². The van der Waals surface area contributed by atoms with Gasteiger partial charge in [-0.25, -0.2) is 4.79 Å². The van der Waals surface area contributed by atoms with Crippen molar-refractivity contribution in [1.82, 2.24) is 14.9 Å². The minimum absolute atomic E-state index is 0.119. The molecular formula is C19H18ClN3O4S. The highest BCUT2D eigenvalue weighted by atomic mass is 35.5. The minimum Gasteiger partial charge on any atom is -0.497 e. The van der Waals surface area contributed by atoms with Crippen LogP contribution >= 0.6 is 22.9 Å². The zero-order chi connectivity index (χ0) is 19.8. The Kier molecular flexibility index (Phi) is 4.99. The molecule has 28 heavy (non-hydrogen) atoms. The molecular weight excluding hydrogens is 402 g/mol. The number of carbonyl (C=O) groups excluding carboxylic acids is 1. The van der Waals surface area contributed by atoms with E-state index in [2.05, 4.69) is 10.3 Å². The summed E-state index contributed by atoms with van der Waals surface area (Å²) in [5, 5.41) is 3.30. The topological polar surface area (TPSA) is 93.2 Å². The number of aromatic amines is 1. The van der Waals surface area contributed by atoms with Crippen molar-refractivity contribution in [1.29, 1.82) is 0 Å². The van der Waals surface area contributed by atoms with Crippen molar-refractivity contribution in [3.8, 4) is 16.2 Å². The molecule has 2 N–H and O–H groups in total. The fraction of sp³-hybridized carbons (Fsp3) is 0.316. The predicted molar refractivity (Wildman–Crippen MR) is 110 cm³/mol. The van der Waals surface area contributed by atoms with Crippen LogP contribution in [0.5, 0.6) is 5.75 Å². The van der Waals surface area contributed by atoms with Crippen molar-refractivity contribution in [2.45, 2.75) is 25.3 Å². The number of ether oxygens (including phenoxy) is 1. The SMILES string of the molecule is COc1ccc(Cl)c(-c2cc3[nH]c(=O)n(C4CCCNC(=O)C4)c(=O)c3s2)c1. The third kappa shape index (κ3) is 3.33. The molecule has 146 valence electrons. The van der Waals surface area contributed by atoms with E-state index in [0.29, 0.717) is 34.0 Å². The lowest BCUT2D eigenvalue weighted by Crippen LogP contribution is -2.38. The molecule has 1 saturated heterocycles. The van der Waals surface area contributed by atoms with Gasteiger partial charge < -0.3 is 15.0 Å². The largest absolute Gasteiger partial charge is 0.497 e. The average molecular weight is 420 g/mol. The fourth-order valence-corrected chi connectivity index (χ4v) is 4.83. The van der Waals surface area contributed by atoms with Gasteiger partial charge in [-0.15, -0.1) is 11.3 Å². The number of H-pyrrole nitrogens is 1. The lowest BCUT2D eigenvalue weighted by molar-refractivity contribution is -0.121. The smallest absolute Gasteiger partial charge is 0.329 e. The Morgan fingerprint density at radius 1 is 1.25 bits per heavy atom. The molecule has 4 rings (SSSR count). The monoisotopic (exact) mass is 419 g/mol. The Bertz CT molecular complexity index is 1180. The first-order chi connectivity index (χ1) is 13.5. The number of nitrogens with one attached hydrogen (secondary N) is 2. The van der Waals surface area contributed by atoms with Crippen LogP contribution in [0.4, 0.5) is 0 Å². The van der Waals surface area contributed by atoms with E-state index in [1.807, 2.05) is 0 Å². The molecule has 3 heterocycles. The molecule has 3 aromatic rings. The number of methoxy groups -OCH3 is 1. The Morgan fingerprint density at radius 2 is 2.07 bits per heavy atom. The van der Waals surface area contributed by atoms with Gasteiger partial charge in [-0.1, -0.05) is 11.6 Å². The highest BCUT2D eigenvalue weighted by molar-refractivity contribution is 7.22. The zero-order valence-corrected chi connectivity index (χ0v) is 16.7. The molecule has 0 saturated carbocycles. The fourth-order valence-electron chi connectivity index (χ4n) is 3.48. The molecule has 1 unspecified atom stereocenters. The van der Waals surface area contributed by atoms with Gasteiger partial charge in [-0.3, -0.25) is 14.2 Å². The van der Waals surface area contributed by atoms with Crippen LogP contribution in [-0.2, 0) is 4.79 Å². The van der Waals surface area contributed by atoms with Crippen molar-refractivity contribution in [2.75, 3.05) is 13.7 Å². The van der Waals surface area contributed by atoms with Gasteiger partial charge in [0.1, 0.15) is 10.4 Å². The zero-order valence-electron chi connectivity index (χ0n) is 15.1. The second kappa shape index (κ2) is 7.44. The van der Waals surface area contributed by atoms with Crippen LogP contribution in [0, 0.1) is 0 Å². The molecule has 2 aromatic heterocycles. The Labute approximate surface area is 168 Å². The van der Waals surface area contributed by atoms with Gasteiger partial charge >= 0.3 is 5.69 Å². The highest BCUT2D eigenvalue weighted by Gasteiger charge is 2.24. The number of carbonyl (C=O) groups is 1. The number of nitrogens with zero attached hydrogens (tertiary/aromatic N) is 1. The van der Waals surface area contributed by atoms with Gasteiger partial charge in [-0.05, 0) is 37.1 Å². The summed E-state index contributed by atoms with van der Waals surface area (Å²) in [6, 6.07) is 6.57. The van der Waals surface area contributed by atoms with Crippen molar-refractivity contribution < 1.29 is 9.53 Å². The number of amides is 1. The third-order valence-electron chi connectivity index (χ3n) is 4.87. The minimum atomic E-state index is -0.502. The molecule has 1 aromatic carbocycles. The second-order valence-electron chi connectivity index (χ2n) is 6.65. The first-order valence-corrected chi connectivity index (χ1v) is 10.1. The second-order valence-corrected chi connectivity index (χ2v) is 8.11. The summed E-state index contributed by atoms with van der Waals surface area (Å²) in [7, 11) is 1.57. The molecule has 1 aliphatic rings. The van der Waals surface area contributed by atoms with E-state index in [1.165, 1.54) is 15.9 Å². The van der Waals surface area contributed by atoms with Gasteiger partial charge in [0.2, 0.25) is 5.91 Å². The van der Waals surface area contributed by atoms with Crippen LogP contribution < -0.4 is 21.3 Å². The van der Waals surface area contributed by atoms with Crippen molar-refractivity contribution in [2.24, 2.45) is 0 Å². The van der Waals surface area contributed by atoms with Crippen molar-refractivity contribution in [3.63, 3.8) is 0 Å². The molecule has 7 nitrogen and oxygen atoms in total. The Balaban J connectivity index is 1.85. The maximum Gasteiger partial charge on any atom is 0.329 e. The maximum atomic E-state index is 13.1. The van der Waals surface area contributed by atoms with E-state index >= 15 is 0 Å². The summed E-state index contributed by atoms with van der Waals surface area (Å²) in [5.41, 5.74) is 0.304. The number of thiophene rings is 1. The Morgan fingerprint density at radius 3 is 2.86 bits per heavy atom. The summed E-state index contributed by atoms with van der Waals surface area (Å²) >= 11 is 7.58. The summed E-state index contributed by atoms with van der Waals surface area (Å²) in [4.78, 5) is 41.1. The first kappa shape index (κ1) is 18.8. The van der Waals surface area contributed by atoms with Gasteiger partial charge in [0.25, 0.3) is 5.56 Å². The summed E-state index contributed by atoms with van der Waals surface area (Å²) in [6.07, 6.45) is 1.43. The van der Waals surface area contributed by atoms with Gasteiger partial charge in [0.15, 0.2) is 0 Å². The quantitative estimate of drug-likeness (QED) is 0.682. The van der Waals surface area contributed by atoms with Crippen LogP contribution in [0.1, 0.15) is 25.3 Å². The lowest BCUT2D eigenvalue weighted by Gasteiger charge is -2.14. The van der Waals surface area contributed by atoms with Crippen LogP contribution in [-0.4, -0.2) is 29.1 Å². The number of aromatic nitrogens is 2. The molecule has 1 fully saturated rings. The third-order valence-corrected chi connectivity index (χ3v) is 6.35. The van der Waals surface area contributed by atoms with E-state index in [-0.39, 0.29) is 17.9 Å². The summed E-state index contributed by atoms with van der Waals surface area (Å²) in [6.45, 7) is 0.557. The van der Waals surface area contributed by atoms with Gasteiger partial charge in [-0.2, -0.15) is 0 Å². The summed E-state index contributed by atoms with van der Waals surface area (Å²) in [5.74, 6) is 0.496. The van der Waals surface area contributed by atoms with E-state index in [1.54, 1.807) is 31.4 Å². The van der Waals surface area contributed by atoms with Crippen molar-refractivity contribution >= 4 is 39.1 Å². The highest BCUT2D eigenvalue weighted by Crippen LogP contribution is 2.37. The number of halogens is 1. The molecule has 1 aliphatic heterocycles. The van der Waals surface area contributed by atoms with Crippen LogP contribution in [0.15, 0.2) is 33.9 Å². The molecule has 9 heteroatoms. The normalized spacial score (nSPS) is 17.4. The van der Waals surface area contributed by atoms with E-state index in [4.69, 9.17) is 16.3 Å². The number of benzene rings is 1. The molecule has 1 amide bonds. The number of fused-ring (bicyclic) bond motifs is 1. The molecule has 0 spiro atoms. The van der Waals surface area contributed by atoms with Crippen LogP contribution in [0.2, 0.25) is 5.02 Å². The number of hydrogen-bond donors (Lipinski definition) is 2. The lowest BCUT2D eigenvalue weighted by atomic mass is 10.1. The average Bonchev–Trinajstić information content (AvgIpc) is 2.97. The Hall–Kier alpha value is -2.58. The van der Waals surface area contributed by atoms with Crippen LogP contribution in [0.3, 0.4) is 0 Å². The van der Waals surface area contributed by atoms with Crippen molar-refractivity contribution in [3.05, 3.63) is 50.1 Å². The van der Waals surface area contributed by atoms with Gasteiger partial charge in [0, 0.05) is 28.4 Å². The maximum absolute atomic E-state index is 13.1. The van der Waals surface area contributed by atoms with Gasteiger partial charge in [0.05, 0.1) is 18.7 Å². The van der Waals surface area contributed by atoms with E-state index < -0.39 is 11.7 Å².